The largest absolute Gasteiger partial charge is 0.484 e. The Balaban J connectivity index is 1.80. The van der Waals surface area contributed by atoms with Gasteiger partial charge in [-0.05, 0) is 37.1 Å². The van der Waals surface area contributed by atoms with Gasteiger partial charge in [0.15, 0.2) is 6.61 Å². The summed E-state index contributed by atoms with van der Waals surface area (Å²) in [6.07, 6.45) is 0.666. The van der Waals surface area contributed by atoms with Crippen LogP contribution in [0.25, 0.3) is 0 Å². The number of hydrogen-bond acceptors (Lipinski definition) is 6. The molecule has 2 amide bonds. The van der Waals surface area contributed by atoms with Crippen molar-refractivity contribution >= 4 is 33.4 Å². The lowest BCUT2D eigenvalue weighted by Gasteiger charge is -2.19. The van der Waals surface area contributed by atoms with Gasteiger partial charge < -0.3 is 15.4 Å². The number of anilines is 1. The van der Waals surface area contributed by atoms with Crippen molar-refractivity contribution < 1.29 is 22.7 Å². The van der Waals surface area contributed by atoms with Gasteiger partial charge in [-0.3, -0.25) is 19.3 Å². The highest BCUT2D eigenvalue weighted by Gasteiger charge is 2.33. The summed E-state index contributed by atoms with van der Waals surface area (Å²) in [5.74, 6) is -0.167. The van der Waals surface area contributed by atoms with E-state index in [9.17, 15) is 18.0 Å². The normalized spacial score (nSPS) is 16.9. The third kappa shape index (κ3) is 5.89. The number of ether oxygens (including phenoxy) is 1. The minimum atomic E-state index is -3.70. The van der Waals surface area contributed by atoms with Crippen LogP contribution in [0.2, 0.25) is 0 Å². The molecule has 0 saturated heterocycles. The van der Waals surface area contributed by atoms with E-state index in [-0.39, 0.29) is 35.1 Å². The standard InChI is InChI=1S/C23H28N4O5S/c1-4-15(3)21(26-22-18-11-6-7-12-19(18)33(30,31)27-22)23(29)25-16-9-8-10-17(13-16)32-14-20(28)24-5-2/h6-13,15,21H,4-5,14H2,1-3H3,(H,24,28)(H,25,29)(H,26,27)/t15-,21-/m0/s1. The number of rotatable bonds is 9. The maximum absolute atomic E-state index is 13.1. The van der Waals surface area contributed by atoms with Crippen LogP contribution >= 0.6 is 0 Å². The Hall–Kier alpha value is -3.40. The van der Waals surface area contributed by atoms with Crippen LogP contribution in [0.5, 0.6) is 5.75 Å². The van der Waals surface area contributed by atoms with E-state index < -0.39 is 16.1 Å². The summed E-state index contributed by atoms with van der Waals surface area (Å²) in [4.78, 5) is 29.4. The van der Waals surface area contributed by atoms with E-state index in [0.29, 0.717) is 30.0 Å². The SMILES string of the molecule is CCNC(=O)COc1cccc(NC(=O)[C@@H](N=C2NS(=O)(=O)c3ccccc32)[C@@H](C)CC)c1. The molecule has 0 fully saturated rings. The Morgan fingerprint density at radius 1 is 1.12 bits per heavy atom. The first-order chi connectivity index (χ1) is 15.7. The molecule has 10 heteroatoms. The van der Waals surface area contributed by atoms with Crippen molar-refractivity contribution in [1.82, 2.24) is 10.0 Å². The van der Waals surface area contributed by atoms with Crippen molar-refractivity contribution in [3.05, 3.63) is 54.1 Å². The Bertz CT molecular complexity index is 1160. The highest BCUT2D eigenvalue weighted by molar-refractivity contribution is 7.90. The molecule has 33 heavy (non-hydrogen) atoms. The van der Waals surface area contributed by atoms with Crippen LogP contribution in [-0.2, 0) is 19.6 Å². The predicted molar refractivity (Wildman–Crippen MR) is 126 cm³/mol. The van der Waals surface area contributed by atoms with Gasteiger partial charge in [-0.25, -0.2) is 8.42 Å². The number of nitrogens with one attached hydrogen (secondary N) is 3. The van der Waals surface area contributed by atoms with Gasteiger partial charge in [-0.1, -0.05) is 38.5 Å². The van der Waals surface area contributed by atoms with Crippen LogP contribution in [0.15, 0.2) is 58.4 Å². The van der Waals surface area contributed by atoms with Crippen LogP contribution in [0.3, 0.4) is 0 Å². The predicted octanol–water partition coefficient (Wildman–Crippen LogP) is 2.29. The molecule has 0 aromatic heterocycles. The van der Waals surface area contributed by atoms with E-state index >= 15 is 0 Å². The lowest BCUT2D eigenvalue weighted by atomic mass is 9.98. The molecule has 2 aromatic carbocycles. The summed E-state index contributed by atoms with van der Waals surface area (Å²) in [5.41, 5.74) is 0.925. The molecular formula is C23H28N4O5S. The lowest BCUT2D eigenvalue weighted by molar-refractivity contribution is -0.123. The minimum absolute atomic E-state index is 0.131. The van der Waals surface area contributed by atoms with E-state index in [0.717, 1.165) is 0 Å². The molecule has 2 aromatic rings. The molecule has 0 saturated carbocycles. The van der Waals surface area contributed by atoms with Crippen LogP contribution < -0.4 is 20.1 Å². The molecular weight excluding hydrogens is 444 g/mol. The molecule has 0 bridgehead atoms. The average molecular weight is 473 g/mol. The van der Waals surface area contributed by atoms with E-state index in [1.165, 1.54) is 6.07 Å². The number of amides is 2. The number of carbonyl (C=O) groups excluding carboxylic acids is 2. The van der Waals surface area contributed by atoms with Gasteiger partial charge >= 0.3 is 0 Å². The second kappa shape index (κ2) is 10.5. The summed E-state index contributed by atoms with van der Waals surface area (Å²) in [7, 11) is -3.70. The van der Waals surface area contributed by atoms with E-state index in [1.54, 1.807) is 42.5 Å². The monoisotopic (exact) mass is 472 g/mol. The number of carbonyl (C=O) groups is 2. The van der Waals surface area contributed by atoms with Crippen molar-refractivity contribution in [2.75, 3.05) is 18.5 Å². The van der Waals surface area contributed by atoms with Gasteiger partial charge in [-0.2, -0.15) is 0 Å². The van der Waals surface area contributed by atoms with Gasteiger partial charge in [0.1, 0.15) is 17.6 Å². The second-order valence-electron chi connectivity index (χ2n) is 7.67. The zero-order valence-corrected chi connectivity index (χ0v) is 19.6. The molecule has 1 heterocycles. The topological polar surface area (TPSA) is 126 Å². The fourth-order valence-electron chi connectivity index (χ4n) is 3.31. The van der Waals surface area contributed by atoms with Crippen LogP contribution in [0.4, 0.5) is 5.69 Å². The first kappa shape index (κ1) is 24.2. The second-order valence-corrected chi connectivity index (χ2v) is 9.32. The van der Waals surface area contributed by atoms with Crippen LogP contribution in [0.1, 0.15) is 32.8 Å². The number of likely N-dealkylation sites (N-methyl/N-ethyl adjacent to an activating group) is 1. The molecule has 1 aliphatic rings. The van der Waals surface area contributed by atoms with E-state index in [4.69, 9.17) is 4.74 Å². The molecule has 0 unspecified atom stereocenters. The number of nitrogens with zero attached hydrogens (tertiary/aromatic N) is 1. The molecule has 0 radical (unpaired) electrons. The third-order valence-corrected chi connectivity index (χ3v) is 6.63. The number of amidine groups is 1. The van der Waals surface area contributed by atoms with Crippen LogP contribution in [0, 0.1) is 5.92 Å². The number of sulfonamides is 1. The van der Waals surface area contributed by atoms with Gasteiger partial charge in [0.05, 0.1) is 4.90 Å². The Labute approximate surface area is 193 Å². The Morgan fingerprint density at radius 2 is 1.88 bits per heavy atom. The number of hydrogen-bond donors (Lipinski definition) is 3. The first-order valence-corrected chi connectivity index (χ1v) is 12.2. The van der Waals surface area contributed by atoms with Crippen LogP contribution in [-0.4, -0.2) is 45.3 Å². The third-order valence-electron chi connectivity index (χ3n) is 5.23. The maximum Gasteiger partial charge on any atom is 0.263 e. The molecule has 2 atom stereocenters. The first-order valence-electron chi connectivity index (χ1n) is 10.8. The minimum Gasteiger partial charge on any atom is -0.484 e. The zero-order valence-electron chi connectivity index (χ0n) is 18.8. The van der Waals surface area contributed by atoms with E-state index in [1.807, 2.05) is 20.8 Å². The summed E-state index contributed by atoms with van der Waals surface area (Å²) < 4.78 is 32.7. The van der Waals surface area contributed by atoms with Gasteiger partial charge in [0.25, 0.3) is 15.9 Å². The molecule has 176 valence electrons. The lowest BCUT2D eigenvalue weighted by Crippen LogP contribution is -2.34. The summed E-state index contributed by atoms with van der Waals surface area (Å²) in [5, 5.41) is 5.47. The highest BCUT2D eigenvalue weighted by Crippen LogP contribution is 2.25. The van der Waals surface area contributed by atoms with Gasteiger partial charge in [-0.15, -0.1) is 0 Å². The number of benzene rings is 2. The van der Waals surface area contributed by atoms with Crippen molar-refractivity contribution in [1.29, 1.82) is 0 Å². The average Bonchev–Trinajstić information content (AvgIpc) is 3.06. The van der Waals surface area contributed by atoms with E-state index in [2.05, 4.69) is 20.3 Å². The number of aliphatic imine (C=N–C) groups is 1. The molecule has 1 aliphatic heterocycles. The fraction of sp³-hybridized carbons (Fsp3) is 0.348. The summed E-state index contributed by atoms with van der Waals surface area (Å²) >= 11 is 0. The molecule has 0 aliphatic carbocycles. The Kier molecular flexibility index (Phi) is 7.70. The van der Waals surface area contributed by atoms with Crippen molar-refractivity contribution in [3.8, 4) is 5.75 Å². The van der Waals surface area contributed by atoms with Crippen molar-refractivity contribution in [2.45, 2.75) is 38.1 Å². The maximum atomic E-state index is 13.1. The summed E-state index contributed by atoms with van der Waals surface area (Å²) in [6.45, 7) is 6.02. The summed E-state index contributed by atoms with van der Waals surface area (Å²) in [6, 6.07) is 12.4. The molecule has 3 rings (SSSR count). The molecule has 9 nitrogen and oxygen atoms in total. The van der Waals surface area contributed by atoms with Gasteiger partial charge in [0.2, 0.25) is 5.91 Å². The molecule has 3 N–H and O–H groups in total. The Morgan fingerprint density at radius 3 is 2.61 bits per heavy atom. The van der Waals surface area contributed by atoms with Crippen molar-refractivity contribution in [3.63, 3.8) is 0 Å². The fourth-order valence-corrected chi connectivity index (χ4v) is 4.55. The molecule has 0 spiro atoms. The number of fused-ring (bicyclic) bond motifs is 1. The van der Waals surface area contributed by atoms with Gasteiger partial charge in [0, 0.05) is 23.9 Å². The highest BCUT2D eigenvalue weighted by atomic mass is 32.2. The smallest absolute Gasteiger partial charge is 0.263 e. The van der Waals surface area contributed by atoms with Crippen molar-refractivity contribution in [2.24, 2.45) is 10.9 Å². The quantitative estimate of drug-likeness (QED) is 0.516. The zero-order chi connectivity index (χ0) is 24.0.